The molecule has 1 aliphatic rings. The maximum absolute atomic E-state index is 13.0. The van der Waals surface area contributed by atoms with Crippen LogP contribution in [0.1, 0.15) is 27.9 Å². The molecule has 2 aromatic carbocycles. The Morgan fingerprint density at radius 2 is 1.89 bits per heavy atom. The second kappa shape index (κ2) is 8.31. The summed E-state index contributed by atoms with van der Waals surface area (Å²) in [5.41, 5.74) is 1.84. The van der Waals surface area contributed by atoms with E-state index in [2.05, 4.69) is 0 Å². The van der Waals surface area contributed by atoms with Gasteiger partial charge in [-0.1, -0.05) is 29.3 Å². The van der Waals surface area contributed by atoms with Gasteiger partial charge in [0.1, 0.15) is 6.07 Å². The first-order valence-corrected chi connectivity index (χ1v) is 10.7. The second-order valence-corrected chi connectivity index (χ2v) is 9.02. The third-order valence-electron chi connectivity index (χ3n) is 4.71. The highest BCUT2D eigenvalue weighted by molar-refractivity contribution is 7.89. The fraction of sp³-hybridized carbons (Fsp3) is 0.300. The minimum Gasteiger partial charge on any atom is -0.337 e. The smallest absolute Gasteiger partial charge is 0.253 e. The zero-order valence-corrected chi connectivity index (χ0v) is 17.0. The van der Waals surface area contributed by atoms with Gasteiger partial charge in [-0.25, -0.2) is 8.42 Å². The maximum Gasteiger partial charge on any atom is 0.253 e. The lowest BCUT2D eigenvalue weighted by molar-refractivity contribution is 0.0764. The van der Waals surface area contributed by atoms with Crippen molar-refractivity contribution in [2.45, 2.75) is 18.2 Å². The summed E-state index contributed by atoms with van der Waals surface area (Å²) < 4.78 is 27.3. The van der Waals surface area contributed by atoms with Crippen LogP contribution in [0, 0.1) is 18.3 Å². The Kier molecular flexibility index (Phi) is 6.04. The molecule has 2 aromatic rings. The quantitative estimate of drug-likeness (QED) is 0.768. The van der Waals surface area contributed by atoms with Crippen molar-refractivity contribution in [1.29, 1.82) is 5.26 Å². The van der Waals surface area contributed by atoms with Crippen molar-refractivity contribution in [2.75, 3.05) is 26.2 Å². The van der Waals surface area contributed by atoms with Crippen molar-refractivity contribution in [3.8, 4) is 6.07 Å². The fourth-order valence-corrected chi connectivity index (χ4v) is 4.98. The van der Waals surface area contributed by atoms with Crippen LogP contribution in [0.4, 0.5) is 0 Å². The van der Waals surface area contributed by atoms with Crippen LogP contribution in [0.25, 0.3) is 0 Å². The first-order valence-electron chi connectivity index (χ1n) is 8.88. The topological polar surface area (TPSA) is 81.5 Å². The van der Waals surface area contributed by atoms with Gasteiger partial charge in [-0.15, -0.1) is 0 Å². The van der Waals surface area contributed by atoms with Crippen LogP contribution in [0.3, 0.4) is 0 Å². The minimum atomic E-state index is -3.75. The van der Waals surface area contributed by atoms with Crippen LogP contribution in [0.15, 0.2) is 47.4 Å². The van der Waals surface area contributed by atoms with Crippen molar-refractivity contribution in [1.82, 2.24) is 9.21 Å². The number of carbonyl (C=O) groups excluding carboxylic acids is 1. The molecule has 1 aliphatic heterocycles. The van der Waals surface area contributed by atoms with E-state index in [1.54, 1.807) is 11.0 Å². The van der Waals surface area contributed by atoms with Crippen molar-refractivity contribution >= 4 is 27.5 Å². The fourth-order valence-electron chi connectivity index (χ4n) is 3.19. The molecule has 0 radical (unpaired) electrons. The molecular weight excluding hydrogens is 398 g/mol. The zero-order valence-electron chi connectivity index (χ0n) is 15.4. The molecule has 0 spiro atoms. The van der Waals surface area contributed by atoms with Gasteiger partial charge >= 0.3 is 0 Å². The van der Waals surface area contributed by atoms with E-state index < -0.39 is 10.0 Å². The first-order chi connectivity index (χ1) is 13.3. The molecule has 1 saturated heterocycles. The van der Waals surface area contributed by atoms with E-state index in [-0.39, 0.29) is 27.9 Å². The zero-order chi connectivity index (χ0) is 20.3. The van der Waals surface area contributed by atoms with Crippen LogP contribution in [0.5, 0.6) is 0 Å². The summed E-state index contributed by atoms with van der Waals surface area (Å²) in [6.07, 6.45) is 0.542. The summed E-state index contributed by atoms with van der Waals surface area (Å²) >= 11 is 5.99. The number of nitriles is 1. The average Bonchev–Trinajstić information content (AvgIpc) is 2.94. The van der Waals surface area contributed by atoms with Crippen LogP contribution < -0.4 is 0 Å². The number of carbonyl (C=O) groups is 1. The van der Waals surface area contributed by atoms with E-state index in [1.807, 2.05) is 31.2 Å². The van der Waals surface area contributed by atoms with Gasteiger partial charge in [-0.2, -0.15) is 9.57 Å². The molecule has 1 heterocycles. The molecule has 0 atom stereocenters. The number of amides is 1. The molecule has 1 fully saturated rings. The highest BCUT2D eigenvalue weighted by Crippen LogP contribution is 2.24. The molecule has 0 N–H and O–H groups in total. The van der Waals surface area contributed by atoms with Gasteiger partial charge in [0.2, 0.25) is 10.0 Å². The Balaban J connectivity index is 1.76. The maximum atomic E-state index is 13.0. The molecule has 8 heteroatoms. The molecule has 0 bridgehead atoms. The van der Waals surface area contributed by atoms with Crippen molar-refractivity contribution < 1.29 is 13.2 Å². The Hall–Kier alpha value is -2.40. The Bertz CT molecular complexity index is 1050. The molecule has 6 nitrogen and oxygen atoms in total. The number of halogens is 1. The van der Waals surface area contributed by atoms with Crippen LogP contribution in [0.2, 0.25) is 5.02 Å². The summed E-state index contributed by atoms with van der Waals surface area (Å²) in [5.74, 6) is -0.0932. The van der Waals surface area contributed by atoms with Gasteiger partial charge in [0, 0.05) is 31.7 Å². The lowest BCUT2D eigenvalue weighted by Crippen LogP contribution is -2.37. The first kappa shape index (κ1) is 20.3. The minimum absolute atomic E-state index is 0.0509. The van der Waals surface area contributed by atoms with E-state index in [9.17, 15) is 13.2 Å². The van der Waals surface area contributed by atoms with Gasteiger partial charge in [-0.3, -0.25) is 4.79 Å². The standard InChI is InChI=1S/C20H20ClN3O3S/c1-15-4-2-5-16(12-15)20(25)23-8-3-9-24(11-10-23)28(26,27)18-7-6-17(14-22)19(21)13-18/h2,4-7,12-13H,3,8-11H2,1H3. The highest BCUT2D eigenvalue weighted by Gasteiger charge is 2.29. The Morgan fingerprint density at radius 1 is 1.11 bits per heavy atom. The largest absolute Gasteiger partial charge is 0.337 e. The normalized spacial score (nSPS) is 15.7. The molecule has 0 unspecified atom stereocenters. The number of benzene rings is 2. The van der Waals surface area contributed by atoms with Crippen molar-refractivity contribution in [2.24, 2.45) is 0 Å². The SMILES string of the molecule is Cc1cccc(C(=O)N2CCCN(S(=O)(=O)c3ccc(C#N)c(Cl)c3)CC2)c1. The number of hydrogen-bond acceptors (Lipinski definition) is 4. The summed E-state index contributed by atoms with van der Waals surface area (Å²) in [6, 6.07) is 13.4. The summed E-state index contributed by atoms with van der Waals surface area (Å²) in [4.78, 5) is 14.5. The van der Waals surface area contributed by atoms with Crippen molar-refractivity contribution in [3.63, 3.8) is 0 Å². The third-order valence-corrected chi connectivity index (χ3v) is 6.91. The number of aryl methyl sites for hydroxylation is 1. The summed E-state index contributed by atoms with van der Waals surface area (Å²) in [5, 5.41) is 9.06. The average molecular weight is 418 g/mol. The molecule has 0 aromatic heterocycles. The van der Waals surface area contributed by atoms with Gasteiger partial charge in [0.15, 0.2) is 0 Å². The van der Waals surface area contributed by atoms with E-state index in [1.165, 1.54) is 22.5 Å². The summed E-state index contributed by atoms with van der Waals surface area (Å²) in [7, 11) is -3.75. The van der Waals surface area contributed by atoms with E-state index in [0.29, 0.717) is 31.6 Å². The molecule has 28 heavy (non-hydrogen) atoms. The lowest BCUT2D eigenvalue weighted by atomic mass is 10.1. The number of sulfonamides is 1. The van der Waals surface area contributed by atoms with Crippen LogP contribution in [-0.4, -0.2) is 49.7 Å². The Labute approximate surface area is 170 Å². The molecular formula is C20H20ClN3O3S. The molecule has 1 amide bonds. The number of hydrogen-bond donors (Lipinski definition) is 0. The number of nitrogens with zero attached hydrogens (tertiary/aromatic N) is 3. The number of rotatable bonds is 3. The van der Waals surface area contributed by atoms with Crippen LogP contribution >= 0.6 is 11.6 Å². The molecule has 146 valence electrons. The second-order valence-electron chi connectivity index (χ2n) is 6.67. The van der Waals surface area contributed by atoms with E-state index >= 15 is 0 Å². The van der Waals surface area contributed by atoms with E-state index in [0.717, 1.165) is 5.56 Å². The monoisotopic (exact) mass is 417 g/mol. The summed E-state index contributed by atoms with van der Waals surface area (Å²) in [6.45, 7) is 3.26. The predicted octanol–water partition coefficient (Wildman–Crippen LogP) is 3.06. The van der Waals surface area contributed by atoms with Crippen LogP contribution in [-0.2, 0) is 10.0 Å². The highest BCUT2D eigenvalue weighted by atomic mass is 35.5. The Morgan fingerprint density at radius 3 is 2.57 bits per heavy atom. The van der Waals surface area contributed by atoms with Gasteiger partial charge in [0.25, 0.3) is 5.91 Å². The van der Waals surface area contributed by atoms with Gasteiger partial charge in [0.05, 0.1) is 15.5 Å². The predicted molar refractivity (Wildman–Crippen MR) is 107 cm³/mol. The lowest BCUT2D eigenvalue weighted by Gasteiger charge is -2.22. The van der Waals surface area contributed by atoms with Crippen molar-refractivity contribution in [3.05, 3.63) is 64.2 Å². The molecule has 3 rings (SSSR count). The van der Waals surface area contributed by atoms with E-state index in [4.69, 9.17) is 16.9 Å². The molecule has 0 saturated carbocycles. The van der Waals surface area contributed by atoms with Gasteiger partial charge in [-0.05, 0) is 43.7 Å². The third kappa shape index (κ3) is 4.20. The molecule has 0 aliphatic carbocycles. The van der Waals surface area contributed by atoms with Gasteiger partial charge < -0.3 is 4.90 Å².